The largest absolute Gasteiger partial charge is 0.274 e. The van der Waals surface area contributed by atoms with Crippen molar-refractivity contribution in [1.29, 1.82) is 0 Å². The molecule has 1 saturated carbocycles. The van der Waals surface area contributed by atoms with Gasteiger partial charge in [0.15, 0.2) is 0 Å². The molecule has 0 aromatic heterocycles. The van der Waals surface area contributed by atoms with Gasteiger partial charge in [0.2, 0.25) is 15.9 Å². The molecule has 2 unspecified atom stereocenters. The Labute approximate surface area is 107 Å². The lowest BCUT2D eigenvalue weighted by atomic mass is 10.0. The number of aryl methyl sites for hydroxylation is 1. The minimum Gasteiger partial charge on any atom is -0.274 e. The molecule has 1 amide bonds. The zero-order chi connectivity index (χ0) is 13.3. The first kappa shape index (κ1) is 13.1. The van der Waals surface area contributed by atoms with Crippen LogP contribution in [0.2, 0.25) is 0 Å². The lowest BCUT2D eigenvalue weighted by molar-refractivity contribution is -0.120. The van der Waals surface area contributed by atoms with Gasteiger partial charge in [0.1, 0.15) is 0 Å². The predicted octanol–water partition coefficient (Wildman–Crippen LogP) is 1.43. The first-order valence-corrected chi connectivity index (χ1v) is 7.91. The third kappa shape index (κ3) is 2.90. The highest BCUT2D eigenvalue weighted by Crippen LogP contribution is 2.48. The van der Waals surface area contributed by atoms with Gasteiger partial charge in [-0.05, 0) is 29.9 Å². The summed E-state index contributed by atoms with van der Waals surface area (Å²) < 4.78 is 24.1. The number of nitrogens with one attached hydrogen (secondary N) is 1. The van der Waals surface area contributed by atoms with Crippen molar-refractivity contribution in [1.82, 2.24) is 4.72 Å². The smallest absolute Gasteiger partial charge is 0.237 e. The Hall–Kier alpha value is -1.36. The lowest BCUT2D eigenvalue weighted by Gasteiger charge is -2.07. The Kier molecular flexibility index (Phi) is 3.43. The number of carbonyl (C=O) groups is 1. The van der Waals surface area contributed by atoms with Gasteiger partial charge in [0.25, 0.3) is 0 Å². The Bertz CT molecular complexity index is 565. The van der Waals surface area contributed by atoms with Crippen LogP contribution in [-0.2, 0) is 21.2 Å². The highest BCUT2D eigenvalue weighted by Gasteiger charge is 2.45. The molecular weight excluding hydrogens is 250 g/mol. The highest BCUT2D eigenvalue weighted by atomic mass is 32.2. The Morgan fingerprint density at radius 3 is 2.67 bits per heavy atom. The highest BCUT2D eigenvalue weighted by molar-refractivity contribution is 7.89. The van der Waals surface area contributed by atoms with E-state index in [1.807, 2.05) is 18.2 Å². The van der Waals surface area contributed by atoms with E-state index < -0.39 is 10.0 Å². The molecule has 1 fully saturated rings. The van der Waals surface area contributed by atoms with Crippen LogP contribution in [0.3, 0.4) is 0 Å². The van der Waals surface area contributed by atoms with Crippen molar-refractivity contribution < 1.29 is 13.2 Å². The van der Waals surface area contributed by atoms with E-state index >= 15 is 0 Å². The van der Waals surface area contributed by atoms with E-state index in [1.54, 1.807) is 0 Å². The third-order valence-corrected chi connectivity index (χ3v) is 3.82. The molecule has 0 aliphatic heterocycles. The molecule has 0 saturated heterocycles. The maximum atomic E-state index is 11.7. The van der Waals surface area contributed by atoms with Gasteiger partial charge in [-0.2, -0.15) is 0 Å². The number of hydrogen-bond donors (Lipinski definition) is 1. The molecule has 1 aliphatic rings. The normalized spacial score (nSPS) is 22.6. The molecule has 0 spiro atoms. The Balaban J connectivity index is 2.09. The zero-order valence-corrected chi connectivity index (χ0v) is 11.3. The summed E-state index contributed by atoms with van der Waals surface area (Å²) in [6.45, 7) is 2.08. The summed E-state index contributed by atoms with van der Waals surface area (Å²) in [5.74, 6) is -0.413. The summed E-state index contributed by atoms with van der Waals surface area (Å²) in [7, 11) is -3.45. The van der Waals surface area contributed by atoms with Crippen LogP contribution in [-0.4, -0.2) is 20.6 Å². The summed E-state index contributed by atoms with van der Waals surface area (Å²) >= 11 is 0. The van der Waals surface area contributed by atoms with Crippen molar-refractivity contribution in [2.75, 3.05) is 6.26 Å². The second-order valence-corrected chi connectivity index (χ2v) is 6.49. The molecule has 1 aromatic rings. The van der Waals surface area contributed by atoms with Gasteiger partial charge >= 0.3 is 0 Å². The molecule has 1 aliphatic carbocycles. The molecule has 4 nitrogen and oxygen atoms in total. The van der Waals surface area contributed by atoms with Crippen LogP contribution < -0.4 is 4.72 Å². The van der Waals surface area contributed by atoms with Crippen molar-refractivity contribution in [3.63, 3.8) is 0 Å². The van der Waals surface area contributed by atoms with Gasteiger partial charge in [-0.3, -0.25) is 9.52 Å². The SMILES string of the molecule is CCc1ccccc1C1CC1C(=O)NS(C)(=O)=O. The molecule has 0 heterocycles. The molecule has 2 rings (SSSR count). The molecule has 0 bridgehead atoms. The first-order chi connectivity index (χ1) is 8.42. The molecule has 0 radical (unpaired) electrons. The molecule has 5 heteroatoms. The quantitative estimate of drug-likeness (QED) is 0.897. The summed E-state index contributed by atoms with van der Waals surface area (Å²) in [6.07, 6.45) is 2.66. The third-order valence-electron chi connectivity index (χ3n) is 3.25. The van der Waals surface area contributed by atoms with Gasteiger partial charge in [-0.25, -0.2) is 8.42 Å². The fraction of sp³-hybridized carbons (Fsp3) is 0.462. The molecule has 1 N–H and O–H groups in total. The van der Waals surface area contributed by atoms with Gasteiger partial charge in [-0.1, -0.05) is 31.2 Å². The number of benzene rings is 1. The fourth-order valence-corrected chi connectivity index (χ4v) is 2.82. The van der Waals surface area contributed by atoms with E-state index in [0.717, 1.165) is 19.1 Å². The number of sulfonamides is 1. The van der Waals surface area contributed by atoms with E-state index in [9.17, 15) is 13.2 Å². The van der Waals surface area contributed by atoms with E-state index in [1.165, 1.54) is 11.1 Å². The van der Waals surface area contributed by atoms with Gasteiger partial charge < -0.3 is 0 Å². The average Bonchev–Trinajstić information content (AvgIpc) is 3.06. The molecular formula is C13H17NO3S. The second-order valence-electron chi connectivity index (χ2n) is 4.74. The Morgan fingerprint density at radius 2 is 2.06 bits per heavy atom. The van der Waals surface area contributed by atoms with Crippen molar-refractivity contribution in [2.24, 2.45) is 5.92 Å². The molecule has 18 heavy (non-hydrogen) atoms. The maximum absolute atomic E-state index is 11.7. The maximum Gasteiger partial charge on any atom is 0.237 e. The molecule has 98 valence electrons. The fourth-order valence-electron chi connectivity index (χ4n) is 2.30. The monoisotopic (exact) mass is 267 g/mol. The second kappa shape index (κ2) is 4.72. The Morgan fingerprint density at radius 1 is 1.39 bits per heavy atom. The van der Waals surface area contributed by atoms with Crippen molar-refractivity contribution in [3.8, 4) is 0 Å². The van der Waals surface area contributed by atoms with E-state index in [0.29, 0.717) is 0 Å². The van der Waals surface area contributed by atoms with Gasteiger partial charge in [0.05, 0.1) is 6.26 Å². The van der Waals surface area contributed by atoms with Crippen LogP contribution in [0, 0.1) is 5.92 Å². The average molecular weight is 267 g/mol. The van der Waals surface area contributed by atoms with Crippen LogP contribution in [0.5, 0.6) is 0 Å². The van der Waals surface area contributed by atoms with Crippen molar-refractivity contribution in [3.05, 3.63) is 35.4 Å². The van der Waals surface area contributed by atoms with Gasteiger partial charge in [-0.15, -0.1) is 0 Å². The number of amides is 1. The van der Waals surface area contributed by atoms with E-state index in [4.69, 9.17) is 0 Å². The minimum atomic E-state index is -3.45. The number of rotatable bonds is 4. The van der Waals surface area contributed by atoms with Gasteiger partial charge in [0, 0.05) is 5.92 Å². The van der Waals surface area contributed by atoms with Crippen LogP contribution >= 0.6 is 0 Å². The van der Waals surface area contributed by atoms with Crippen LogP contribution in [0.15, 0.2) is 24.3 Å². The minimum absolute atomic E-state index is 0.169. The summed E-state index contributed by atoms with van der Waals surface area (Å²) in [4.78, 5) is 11.7. The molecule has 1 aromatic carbocycles. The topological polar surface area (TPSA) is 63.2 Å². The van der Waals surface area contributed by atoms with Crippen LogP contribution in [0.4, 0.5) is 0 Å². The standard InChI is InChI=1S/C13H17NO3S/c1-3-9-6-4-5-7-10(9)11-8-12(11)13(15)14-18(2,16)17/h4-7,11-12H,3,8H2,1-2H3,(H,14,15). The number of hydrogen-bond acceptors (Lipinski definition) is 3. The van der Waals surface area contributed by atoms with Crippen molar-refractivity contribution >= 4 is 15.9 Å². The zero-order valence-electron chi connectivity index (χ0n) is 10.5. The van der Waals surface area contributed by atoms with E-state index in [2.05, 4.69) is 17.7 Å². The predicted molar refractivity (Wildman–Crippen MR) is 69.7 cm³/mol. The first-order valence-electron chi connectivity index (χ1n) is 6.02. The van der Waals surface area contributed by atoms with Crippen molar-refractivity contribution in [2.45, 2.75) is 25.7 Å². The lowest BCUT2D eigenvalue weighted by Crippen LogP contribution is -2.30. The summed E-state index contributed by atoms with van der Waals surface area (Å²) in [5, 5.41) is 0. The van der Waals surface area contributed by atoms with Crippen LogP contribution in [0.1, 0.15) is 30.4 Å². The summed E-state index contributed by atoms with van der Waals surface area (Å²) in [5.41, 5.74) is 2.41. The van der Waals surface area contributed by atoms with E-state index in [-0.39, 0.29) is 17.7 Å². The van der Waals surface area contributed by atoms with Crippen LogP contribution in [0.25, 0.3) is 0 Å². The molecule has 2 atom stereocenters. The summed E-state index contributed by atoms with van der Waals surface area (Å²) in [6, 6.07) is 8.02. The number of carbonyl (C=O) groups excluding carboxylic acids is 1.